The van der Waals surface area contributed by atoms with Crippen LogP contribution in [0.4, 0.5) is 0 Å². The van der Waals surface area contributed by atoms with Crippen molar-refractivity contribution in [2.45, 2.75) is 47.5 Å². The summed E-state index contributed by atoms with van der Waals surface area (Å²) in [7, 11) is 0. The third-order valence-electron chi connectivity index (χ3n) is 4.69. The Morgan fingerprint density at radius 3 is 2.52 bits per heavy atom. The molecular formula is C19H23NO. The van der Waals surface area contributed by atoms with E-state index >= 15 is 0 Å². The molecule has 0 unspecified atom stereocenters. The minimum atomic E-state index is 0.0460. The lowest BCUT2D eigenvalue weighted by Gasteiger charge is -2.30. The van der Waals surface area contributed by atoms with E-state index < -0.39 is 0 Å². The first-order chi connectivity index (χ1) is 9.80. The van der Waals surface area contributed by atoms with E-state index in [9.17, 15) is 4.79 Å². The molecule has 0 N–H and O–H groups in total. The zero-order chi connectivity index (χ0) is 15.4. The molecule has 21 heavy (non-hydrogen) atoms. The molecule has 0 amide bonds. The summed E-state index contributed by atoms with van der Waals surface area (Å²) in [5.41, 5.74) is 7.09. The molecule has 2 heteroatoms. The first-order valence-electron chi connectivity index (χ1n) is 7.61. The molecule has 2 nitrogen and oxygen atoms in total. The van der Waals surface area contributed by atoms with E-state index in [1.54, 1.807) is 0 Å². The SMILES string of the molecule is Cc1cccc(-n2c(C)cc3c2CC(C)(C)CC3=O)c1C. The van der Waals surface area contributed by atoms with Crippen LogP contribution in [0.25, 0.3) is 5.69 Å². The van der Waals surface area contributed by atoms with Gasteiger partial charge in [0.1, 0.15) is 0 Å². The number of aromatic nitrogens is 1. The summed E-state index contributed by atoms with van der Waals surface area (Å²) in [5, 5.41) is 0. The normalized spacial score (nSPS) is 16.9. The third kappa shape index (κ3) is 2.23. The number of hydrogen-bond donors (Lipinski definition) is 0. The van der Waals surface area contributed by atoms with Crippen LogP contribution in [0.2, 0.25) is 0 Å². The molecule has 0 saturated heterocycles. The number of Topliss-reactive ketones (excluding diaryl/α,β-unsaturated/α-hetero) is 1. The Bertz CT molecular complexity index is 734. The van der Waals surface area contributed by atoms with Crippen molar-refractivity contribution in [1.29, 1.82) is 0 Å². The Morgan fingerprint density at radius 2 is 1.81 bits per heavy atom. The van der Waals surface area contributed by atoms with Gasteiger partial charge in [0.25, 0.3) is 0 Å². The Hall–Kier alpha value is -1.83. The van der Waals surface area contributed by atoms with Gasteiger partial charge in [-0.2, -0.15) is 0 Å². The Morgan fingerprint density at radius 1 is 1.10 bits per heavy atom. The Balaban J connectivity index is 2.26. The second-order valence-corrected chi connectivity index (χ2v) is 7.14. The van der Waals surface area contributed by atoms with E-state index in [1.165, 1.54) is 22.5 Å². The van der Waals surface area contributed by atoms with Crippen molar-refractivity contribution in [3.05, 3.63) is 52.3 Å². The van der Waals surface area contributed by atoms with Gasteiger partial charge in [0.2, 0.25) is 0 Å². The average Bonchev–Trinajstić information content (AvgIpc) is 2.69. The molecule has 1 heterocycles. The smallest absolute Gasteiger partial charge is 0.165 e. The van der Waals surface area contributed by atoms with Crippen molar-refractivity contribution in [2.24, 2.45) is 5.41 Å². The van der Waals surface area contributed by atoms with Crippen molar-refractivity contribution in [3.8, 4) is 5.69 Å². The summed E-state index contributed by atoms with van der Waals surface area (Å²) in [6.07, 6.45) is 1.60. The fourth-order valence-electron chi connectivity index (χ4n) is 3.46. The summed E-state index contributed by atoms with van der Waals surface area (Å²) in [6.45, 7) is 10.8. The molecule has 1 aliphatic rings. The second-order valence-electron chi connectivity index (χ2n) is 7.14. The molecule has 3 rings (SSSR count). The van der Waals surface area contributed by atoms with Gasteiger partial charge in [-0.25, -0.2) is 0 Å². The molecule has 0 atom stereocenters. The number of carbonyl (C=O) groups excluding carboxylic acids is 1. The van der Waals surface area contributed by atoms with Crippen molar-refractivity contribution in [1.82, 2.24) is 4.57 Å². The zero-order valence-corrected chi connectivity index (χ0v) is 13.6. The van der Waals surface area contributed by atoms with Crippen LogP contribution in [0.5, 0.6) is 0 Å². The molecular weight excluding hydrogens is 258 g/mol. The molecule has 0 radical (unpaired) electrons. The van der Waals surface area contributed by atoms with Crippen LogP contribution in [-0.4, -0.2) is 10.4 Å². The van der Waals surface area contributed by atoms with Crippen LogP contribution in [-0.2, 0) is 6.42 Å². The number of aryl methyl sites for hydroxylation is 2. The van der Waals surface area contributed by atoms with Crippen molar-refractivity contribution in [3.63, 3.8) is 0 Å². The lowest BCUT2D eigenvalue weighted by molar-refractivity contribution is 0.0911. The molecule has 1 aromatic carbocycles. The highest BCUT2D eigenvalue weighted by atomic mass is 16.1. The van der Waals surface area contributed by atoms with E-state index in [0.717, 1.165) is 17.7 Å². The van der Waals surface area contributed by atoms with E-state index in [-0.39, 0.29) is 11.2 Å². The highest BCUT2D eigenvalue weighted by Crippen LogP contribution is 2.38. The molecule has 1 aliphatic carbocycles. The first-order valence-corrected chi connectivity index (χ1v) is 7.61. The van der Waals surface area contributed by atoms with E-state index in [4.69, 9.17) is 0 Å². The monoisotopic (exact) mass is 281 g/mol. The number of rotatable bonds is 1. The van der Waals surface area contributed by atoms with Crippen LogP contribution in [0, 0.1) is 26.2 Å². The van der Waals surface area contributed by atoms with Crippen molar-refractivity contribution in [2.75, 3.05) is 0 Å². The highest BCUT2D eigenvalue weighted by Gasteiger charge is 2.34. The summed E-state index contributed by atoms with van der Waals surface area (Å²) >= 11 is 0. The van der Waals surface area contributed by atoms with Gasteiger partial charge in [-0.3, -0.25) is 4.79 Å². The van der Waals surface area contributed by atoms with Crippen LogP contribution >= 0.6 is 0 Å². The van der Waals surface area contributed by atoms with Crippen LogP contribution in [0.15, 0.2) is 24.3 Å². The molecule has 0 aliphatic heterocycles. The quantitative estimate of drug-likeness (QED) is 0.751. The zero-order valence-electron chi connectivity index (χ0n) is 13.6. The average molecular weight is 281 g/mol. The highest BCUT2D eigenvalue weighted by molar-refractivity contribution is 5.99. The predicted molar refractivity (Wildman–Crippen MR) is 86.4 cm³/mol. The first kappa shape index (κ1) is 14.1. The van der Waals surface area contributed by atoms with Gasteiger partial charge in [-0.15, -0.1) is 0 Å². The van der Waals surface area contributed by atoms with Gasteiger partial charge >= 0.3 is 0 Å². The molecule has 110 valence electrons. The van der Waals surface area contributed by atoms with E-state index in [0.29, 0.717) is 6.42 Å². The van der Waals surface area contributed by atoms with E-state index in [1.807, 2.05) is 0 Å². The van der Waals surface area contributed by atoms with Crippen LogP contribution in [0.1, 0.15) is 53.1 Å². The third-order valence-corrected chi connectivity index (χ3v) is 4.69. The van der Waals surface area contributed by atoms with Gasteiger partial charge in [-0.05, 0) is 55.9 Å². The minimum absolute atomic E-state index is 0.0460. The Kier molecular flexibility index (Phi) is 3.09. The maximum absolute atomic E-state index is 12.4. The largest absolute Gasteiger partial charge is 0.317 e. The number of carbonyl (C=O) groups is 1. The lowest BCUT2D eigenvalue weighted by Crippen LogP contribution is -2.28. The van der Waals surface area contributed by atoms with Crippen molar-refractivity contribution >= 4 is 5.78 Å². The Labute approximate surface area is 126 Å². The fourth-order valence-corrected chi connectivity index (χ4v) is 3.46. The molecule has 1 aromatic heterocycles. The van der Waals surface area contributed by atoms with Gasteiger partial charge in [0, 0.05) is 29.1 Å². The van der Waals surface area contributed by atoms with Gasteiger partial charge in [0.15, 0.2) is 5.78 Å². The number of hydrogen-bond acceptors (Lipinski definition) is 1. The maximum atomic E-state index is 12.4. The number of nitrogens with zero attached hydrogens (tertiary/aromatic N) is 1. The van der Waals surface area contributed by atoms with Crippen LogP contribution < -0.4 is 0 Å². The molecule has 2 aromatic rings. The lowest BCUT2D eigenvalue weighted by atomic mass is 9.76. The topological polar surface area (TPSA) is 22.0 Å². The molecule has 0 bridgehead atoms. The number of benzene rings is 1. The van der Waals surface area contributed by atoms with Gasteiger partial charge in [-0.1, -0.05) is 26.0 Å². The van der Waals surface area contributed by atoms with Crippen LogP contribution in [0.3, 0.4) is 0 Å². The maximum Gasteiger partial charge on any atom is 0.165 e. The van der Waals surface area contributed by atoms with Crippen molar-refractivity contribution < 1.29 is 4.79 Å². The summed E-state index contributed by atoms with van der Waals surface area (Å²) in [5.74, 6) is 0.286. The predicted octanol–water partition coefficient (Wildman–Crippen LogP) is 4.56. The fraction of sp³-hybridized carbons (Fsp3) is 0.421. The molecule has 0 saturated carbocycles. The summed E-state index contributed by atoms with van der Waals surface area (Å²) in [6, 6.07) is 8.45. The standard InChI is InChI=1S/C19H23NO/c1-12-7-6-8-16(14(12)3)20-13(2)9-15-17(20)10-19(4,5)11-18(15)21/h6-9H,10-11H2,1-5H3. The molecule has 0 spiro atoms. The van der Waals surface area contributed by atoms with Gasteiger partial charge < -0.3 is 4.57 Å². The summed E-state index contributed by atoms with van der Waals surface area (Å²) in [4.78, 5) is 12.4. The summed E-state index contributed by atoms with van der Waals surface area (Å²) < 4.78 is 2.29. The number of fused-ring (bicyclic) bond motifs is 1. The van der Waals surface area contributed by atoms with Gasteiger partial charge in [0.05, 0.1) is 0 Å². The molecule has 0 fully saturated rings. The minimum Gasteiger partial charge on any atom is -0.317 e. The second kappa shape index (κ2) is 4.59. The number of ketones is 1. The van der Waals surface area contributed by atoms with E-state index in [2.05, 4.69) is 63.5 Å².